The van der Waals surface area contributed by atoms with E-state index in [0.717, 1.165) is 0 Å². The van der Waals surface area contributed by atoms with E-state index in [1.807, 2.05) is 6.07 Å². The molecule has 6 heteroatoms. The second kappa shape index (κ2) is 7.95. The van der Waals surface area contributed by atoms with E-state index in [0.29, 0.717) is 16.3 Å². The predicted octanol–water partition coefficient (Wildman–Crippen LogP) is 3.62. The SMILES string of the molecule is CO/N=C/C(=N/Nc1ccc(Cl)cc1)C(=O)c1ccccc1. The second-order valence-corrected chi connectivity index (χ2v) is 4.66. The number of oxime groups is 1. The number of carbonyl (C=O) groups excluding carboxylic acids is 1. The molecule has 112 valence electrons. The molecule has 0 radical (unpaired) electrons. The van der Waals surface area contributed by atoms with E-state index in [2.05, 4.69) is 20.5 Å². The van der Waals surface area contributed by atoms with Crippen molar-refractivity contribution >= 4 is 35.0 Å². The zero-order valence-corrected chi connectivity index (χ0v) is 12.6. The number of hydrogen-bond acceptors (Lipinski definition) is 5. The van der Waals surface area contributed by atoms with E-state index in [-0.39, 0.29) is 11.5 Å². The Morgan fingerprint density at radius 2 is 1.82 bits per heavy atom. The highest BCUT2D eigenvalue weighted by Gasteiger charge is 2.12. The lowest BCUT2D eigenvalue weighted by Gasteiger charge is -2.03. The molecule has 2 aromatic rings. The van der Waals surface area contributed by atoms with Crippen molar-refractivity contribution in [2.45, 2.75) is 0 Å². The number of hydrazone groups is 1. The molecular weight excluding hydrogens is 302 g/mol. The molecule has 2 rings (SSSR count). The Morgan fingerprint density at radius 1 is 1.14 bits per heavy atom. The topological polar surface area (TPSA) is 63.1 Å². The minimum atomic E-state index is -0.261. The van der Waals surface area contributed by atoms with Gasteiger partial charge >= 0.3 is 0 Å². The van der Waals surface area contributed by atoms with Crippen molar-refractivity contribution in [3.05, 3.63) is 65.2 Å². The zero-order valence-electron chi connectivity index (χ0n) is 11.9. The third-order valence-electron chi connectivity index (χ3n) is 2.70. The summed E-state index contributed by atoms with van der Waals surface area (Å²) in [4.78, 5) is 17.0. The Labute approximate surface area is 133 Å². The van der Waals surface area contributed by atoms with Crippen molar-refractivity contribution < 1.29 is 9.63 Å². The van der Waals surface area contributed by atoms with Gasteiger partial charge in [0.25, 0.3) is 0 Å². The molecule has 0 unspecified atom stereocenters. The summed E-state index contributed by atoms with van der Waals surface area (Å²) in [5, 5.41) is 8.31. The van der Waals surface area contributed by atoms with E-state index < -0.39 is 0 Å². The molecular formula is C16H14ClN3O2. The normalized spacial score (nSPS) is 11.5. The van der Waals surface area contributed by atoms with E-state index >= 15 is 0 Å². The van der Waals surface area contributed by atoms with Crippen LogP contribution in [0.4, 0.5) is 5.69 Å². The lowest BCUT2D eigenvalue weighted by Crippen LogP contribution is -2.17. The lowest BCUT2D eigenvalue weighted by atomic mass is 10.1. The van der Waals surface area contributed by atoms with Gasteiger partial charge in [-0.2, -0.15) is 5.10 Å². The summed E-state index contributed by atoms with van der Waals surface area (Å²) in [7, 11) is 1.40. The van der Waals surface area contributed by atoms with Crippen LogP contribution in [0.5, 0.6) is 0 Å². The highest BCUT2D eigenvalue weighted by Crippen LogP contribution is 2.13. The molecule has 0 atom stereocenters. The molecule has 0 amide bonds. The zero-order chi connectivity index (χ0) is 15.8. The first-order valence-corrected chi connectivity index (χ1v) is 6.84. The number of nitrogens with one attached hydrogen (secondary N) is 1. The fraction of sp³-hybridized carbons (Fsp3) is 0.0625. The minimum Gasteiger partial charge on any atom is -0.399 e. The number of carbonyl (C=O) groups is 1. The smallest absolute Gasteiger partial charge is 0.214 e. The average molecular weight is 316 g/mol. The first-order valence-electron chi connectivity index (χ1n) is 6.46. The molecule has 0 aliphatic heterocycles. The van der Waals surface area contributed by atoms with Gasteiger partial charge in [0.15, 0.2) is 5.71 Å². The van der Waals surface area contributed by atoms with Gasteiger partial charge in [0, 0.05) is 10.6 Å². The summed E-state index contributed by atoms with van der Waals surface area (Å²) in [6.07, 6.45) is 1.26. The van der Waals surface area contributed by atoms with E-state index in [4.69, 9.17) is 11.6 Å². The summed E-state index contributed by atoms with van der Waals surface area (Å²) in [5.41, 5.74) is 4.14. The minimum absolute atomic E-state index is 0.128. The number of nitrogens with zero attached hydrogens (tertiary/aromatic N) is 2. The van der Waals surface area contributed by atoms with Gasteiger partial charge in [-0.05, 0) is 24.3 Å². The largest absolute Gasteiger partial charge is 0.399 e. The molecule has 0 fully saturated rings. The van der Waals surface area contributed by atoms with Crippen LogP contribution in [-0.4, -0.2) is 24.8 Å². The molecule has 1 N–H and O–H groups in total. The number of halogens is 1. The molecule has 0 saturated carbocycles. The molecule has 22 heavy (non-hydrogen) atoms. The summed E-state index contributed by atoms with van der Waals surface area (Å²) >= 11 is 5.82. The lowest BCUT2D eigenvalue weighted by molar-refractivity contribution is 0.106. The van der Waals surface area contributed by atoms with Crippen LogP contribution in [0.1, 0.15) is 10.4 Å². The van der Waals surface area contributed by atoms with E-state index in [9.17, 15) is 4.79 Å². The monoisotopic (exact) mass is 315 g/mol. The van der Waals surface area contributed by atoms with Crippen molar-refractivity contribution in [1.82, 2.24) is 0 Å². The van der Waals surface area contributed by atoms with Crippen LogP contribution in [0, 0.1) is 0 Å². The molecule has 0 bridgehead atoms. The Bertz CT molecular complexity index is 682. The van der Waals surface area contributed by atoms with Crippen molar-refractivity contribution in [2.24, 2.45) is 10.3 Å². The Morgan fingerprint density at radius 3 is 2.45 bits per heavy atom. The number of benzene rings is 2. The first kappa shape index (κ1) is 15.7. The van der Waals surface area contributed by atoms with Crippen molar-refractivity contribution in [2.75, 3.05) is 12.5 Å². The van der Waals surface area contributed by atoms with Crippen LogP contribution in [0.3, 0.4) is 0 Å². The highest BCUT2D eigenvalue weighted by molar-refractivity contribution is 6.64. The van der Waals surface area contributed by atoms with Gasteiger partial charge in [0.2, 0.25) is 5.78 Å². The molecule has 0 aliphatic carbocycles. The summed E-state index contributed by atoms with van der Waals surface area (Å²) in [6, 6.07) is 15.8. The fourth-order valence-corrected chi connectivity index (χ4v) is 1.75. The van der Waals surface area contributed by atoms with E-state index in [1.165, 1.54) is 13.3 Å². The van der Waals surface area contributed by atoms with Crippen LogP contribution in [0.25, 0.3) is 0 Å². The van der Waals surface area contributed by atoms with E-state index in [1.54, 1.807) is 48.5 Å². The summed E-state index contributed by atoms with van der Waals surface area (Å²) in [5.74, 6) is -0.261. The number of rotatable bonds is 6. The van der Waals surface area contributed by atoms with Crippen LogP contribution < -0.4 is 5.43 Å². The fourth-order valence-electron chi connectivity index (χ4n) is 1.63. The molecule has 0 aromatic heterocycles. The van der Waals surface area contributed by atoms with Gasteiger partial charge in [-0.3, -0.25) is 10.2 Å². The van der Waals surface area contributed by atoms with Crippen LogP contribution >= 0.6 is 11.6 Å². The van der Waals surface area contributed by atoms with Crippen LogP contribution in [0.15, 0.2) is 64.9 Å². The quantitative estimate of drug-likeness (QED) is 0.503. The van der Waals surface area contributed by atoms with Crippen molar-refractivity contribution in [3.63, 3.8) is 0 Å². The van der Waals surface area contributed by atoms with Gasteiger partial charge in [-0.1, -0.05) is 47.1 Å². The number of Topliss-reactive ketones (excluding diaryl/α,β-unsaturated/α-hetero) is 1. The molecule has 0 spiro atoms. The molecule has 0 saturated heterocycles. The van der Waals surface area contributed by atoms with Gasteiger partial charge in [-0.25, -0.2) is 0 Å². The number of ketones is 1. The summed E-state index contributed by atoms with van der Waals surface area (Å²) in [6.45, 7) is 0. The first-order chi connectivity index (χ1) is 10.7. The van der Waals surface area contributed by atoms with Crippen molar-refractivity contribution in [3.8, 4) is 0 Å². The van der Waals surface area contributed by atoms with Gasteiger partial charge < -0.3 is 4.84 Å². The molecule has 2 aromatic carbocycles. The van der Waals surface area contributed by atoms with Gasteiger partial charge in [0.05, 0.1) is 11.9 Å². The highest BCUT2D eigenvalue weighted by atomic mass is 35.5. The Hall–Kier alpha value is -2.66. The van der Waals surface area contributed by atoms with Gasteiger partial charge in [0.1, 0.15) is 7.11 Å². The Balaban J connectivity index is 2.22. The maximum atomic E-state index is 12.4. The maximum Gasteiger partial charge on any atom is 0.214 e. The van der Waals surface area contributed by atoms with Crippen LogP contribution in [0.2, 0.25) is 5.02 Å². The van der Waals surface area contributed by atoms with Crippen LogP contribution in [-0.2, 0) is 4.84 Å². The maximum absolute atomic E-state index is 12.4. The molecule has 0 aliphatic rings. The molecule has 5 nitrogen and oxygen atoms in total. The third-order valence-corrected chi connectivity index (χ3v) is 2.95. The molecule has 0 heterocycles. The number of anilines is 1. The average Bonchev–Trinajstić information content (AvgIpc) is 2.57. The second-order valence-electron chi connectivity index (χ2n) is 4.23. The van der Waals surface area contributed by atoms with Crippen molar-refractivity contribution in [1.29, 1.82) is 0 Å². The third kappa shape index (κ3) is 4.43. The summed E-state index contributed by atoms with van der Waals surface area (Å²) < 4.78 is 0. The van der Waals surface area contributed by atoms with Gasteiger partial charge in [-0.15, -0.1) is 0 Å². The standard InChI is InChI=1S/C16H14ClN3O2/c1-22-18-11-15(16(21)12-5-3-2-4-6-12)20-19-14-9-7-13(17)8-10-14/h2-11,19H,1H3/b18-11+,20-15-. The predicted molar refractivity (Wildman–Crippen MR) is 88.8 cm³/mol. The number of hydrogen-bond donors (Lipinski definition) is 1. The Kier molecular flexibility index (Phi) is 5.68.